The van der Waals surface area contributed by atoms with Gasteiger partial charge in [-0.15, -0.1) is 11.8 Å². The number of carbonyl (C=O) groups excluding carboxylic acids is 4. The molecule has 6 aromatic carbocycles. The van der Waals surface area contributed by atoms with Crippen LogP contribution in [0.2, 0.25) is 0 Å². The van der Waals surface area contributed by atoms with Crippen LogP contribution in [0.3, 0.4) is 0 Å². The smallest absolute Gasteiger partial charge is 0.316 e. The Morgan fingerprint density at radius 2 is 1.09 bits per heavy atom. The van der Waals surface area contributed by atoms with Crippen molar-refractivity contribution in [3.8, 4) is 23.7 Å². The number of rotatable bonds is 10. The summed E-state index contributed by atoms with van der Waals surface area (Å²) in [5.74, 6) is 7.56. The second-order valence-corrected chi connectivity index (χ2v) is 16.1. The summed E-state index contributed by atoms with van der Waals surface area (Å²) in [4.78, 5) is 78.3. The van der Waals surface area contributed by atoms with Crippen LogP contribution >= 0.6 is 51.4 Å². The zero-order valence-electron chi connectivity index (χ0n) is 37.0. The quantitative estimate of drug-likeness (QED) is 0.0313. The minimum atomic E-state index is -1.21. The molecule has 1 heterocycles. The van der Waals surface area contributed by atoms with E-state index in [2.05, 4.69) is 36.3 Å². The number of nitrogens with zero attached hydrogens (tertiary/aromatic N) is 1. The number of carbonyl (C=O) groups is 7. The van der Waals surface area contributed by atoms with Crippen LogP contribution in [0.15, 0.2) is 158 Å². The van der Waals surface area contributed by atoms with Gasteiger partial charge in [0.15, 0.2) is 0 Å². The van der Waals surface area contributed by atoms with Crippen LogP contribution in [0.25, 0.3) is 0 Å². The number of carboxylic acids is 3. The number of anilines is 2. The molecule has 1 aliphatic rings. The summed E-state index contributed by atoms with van der Waals surface area (Å²) < 4.78 is 0. The van der Waals surface area contributed by atoms with Gasteiger partial charge in [-0.05, 0) is 90.5 Å². The van der Waals surface area contributed by atoms with Gasteiger partial charge in [0.1, 0.15) is 16.9 Å². The van der Waals surface area contributed by atoms with Crippen molar-refractivity contribution in [2.75, 3.05) is 10.6 Å². The monoisotopic (exact) mass is 1020 g/mol. The number of aliphatic carboxylic acids is 3. The van der Waals surface area contributed by atoms with Crippen LogP contribution < -0.4 is 22.1 Å². The Morgan fingerprint density at radius 3 is 1.49 bits per heavy atom. The standard InChI is InChI=1S/C26H20N2O4S.C15H10O.C7H8N2O.C4H6O4S.2H2S/c27-24(31)20-7-4-8-21(15-20)28-25(32)22(16-23(29)30)33-26(28)19-13-11-18(12-14-19)10-9-17-5-2-1-3-6-17;16-12-15-10-8-14(9-11-15)7-6-13-4-2-1-3-5-13;8-6-3-1-2-5(4-6)7(9)10;5-3(6)1-2(9)4(7)8;;/h1-8,11-15,22,26H,16H2,(H2,27,31)(H,29,30);1-5,8-12H;1-4H,8H2,(H2,9,10);2,9H,1H2,(H,5,6)(H,7,8);2*1H2/t22-,26-;;;2-;;/m0..0../s1. The number of nitrogens with two attached hydrogens (primary N) is 3. The number of aldehydes is 1. The highest BCUT2D eigenvalue weighted by atomic mass is 32.2. The van der Waals surface area contributed by atoms with E-state index in [-0.39, 0.29) is 44.9 Å². The van der Waals surface area contributed by atoms with Crippen LogP contribution in [0.5, 0.6) is 0 Å². The van der Waals surface area contributed by atoms with E-state index in [1.807, 2.05) is 97.1 Å². The maximum absolute atomic E-state index is 13.1. The molecule has 7 rings (SSSR count). The molecule has 6 aromatic rings. The third-order valence-corrected chi connectivity index (χ3v) is 11.0. The fourth-order valence-electron chi connectivity index (χ4n) is 5.79. The maximum Gasteiger partial charge on any atom is 0.316 e. The Morgan fingerprint density at radius 1 is 0.629 bits per heavy atom. The number of nitrogen functional groups attached to an aromatic ring is 1. The third kappa shape index (κ3) is 19.4. The lowest BCUT2D eigenvalue weighted by molar-refractivity contribution is -0.142. The number of thioether (sulfide) groups is 1. The molecule has 9 N–H and O–H groups in total. The Bertz CT molecular complexity index is 2870. The normalized spacial score (nSPS) is 13.2. The molecule has 0 aromatic heterocycles. The second kappa shape index (κ2) is 29.8. The minimum Gasteiger partial charge on any atom is -0.481 e. The van der Waals surface area contributed by atoms with Crippen LogP contribution in [0.1, 0.15) is 77.1 Å². The highest BCUT2D eigenvalue weighted by molar-refractivity contribution is 8.01. The fourth-order valence-corrected chi connectivity index (χ4v) is 7.39. The molecular formula is C52H48N4O10S4. The first-order valence-corrected chi connectivity index (χ1v) is 21.7. The molecule has 3 amide bonds. The summed E-state index contributed by atoms with van der Waals surface area (Å²) in [6.45, 7) is 0. The molecule has 1 fully saturated rings. The van der Waals surface area contributed by atoms with Crippen molar-refractivity contribution in [1.29, 1.82) is 0 Å². The number of hydrogen-bond donors (Lipinski definition) is 7. The van der Waals surface area contributed by atoms with E-state index in [1.54, 1.807) is 60.7 Å². The topological polar surface area (TPSA) is 261 Å². The van der Waals surface area contributed by atoms with Gasteiger partial charge in [0.2, 0.25) is 17.7 Å². The van der Waals surface area contributed by atoms with Crippen LogP contribution in [-0.4, -0.2) is 67.7 Å². The number of benzene rings is 6. The van der Waals surface area contributed by atoms with E-state index in [0.29, 0.717) is 22.5 Å². The summed E-state index contributed by atoms with van der Waals surface area (Å²) in [7, 11) is 0. The van der Waals surface area contributed by atoms with Gasteiger partial charge in [-0.1, -0.05) is 96.5 Å². The average molecular weight is 1020 g/mol. The summed E-state index contributed by atoms with van der Waals surface area (Å²) in [5.41, 5.74) is 22.7. The largest absolute Gasteiger partial charge is 0.481 e. The van der Waals surface area contributed by atoms with E-state index < -0.39 is 52.0 Å². The fraction of sp³-hybridized carbons (Fsp3) is 0.0962. The van der Waals surface area contributed by atoms with Crippen molar-refractivity contribution in [3.63, 3.8) is 0 Å². The van der Waals surface area contributed by atoms with Crippen LogP contribution in [0.4, 0.5) is 11.4 Å². The average Bonchev–Trinajstić information content (AvgIpc) is 3.65. The summed E-state index contributed by atoms with van der Waals surface area (Å²) in [5, 5.41) is 23.1. The third-order valence-electron chi connectivity index (χ3n) is 9.13. The molecular weight excluding hydrogens is 969 g/mol. The molecule has 0 radical (unpaired) electrons. The van der Waals surface area contributed by atoms with Crippen molar-refractivity contribution in [3.05, 3.63) is 202 Å². The molecule has 18 heteroatoms. The lowest BCUT2D eigenvalue weighted by atomic mass is 10.1. The molecule has 3 atom stereocenters. The minimum absolute atomic E-state index is 0. The molecule has 0 unspecified atom stereocenters. The van der Waals surface area contributed by atoms with Crippen molar-refractivity contribution < 1.29 is 48.9 Å². The Hall–Kier alpha value is -7.87. The number of hydrogen-bond acceptors (Lipinski definition) is 10. The Labute approximate surface area is 428 Å². The molecule has 0 aliphatic carbocycles. The molecule has 0 saturated carbocycles. The Kier molecular flexibility index (Phi) is 24.8. The molecule has 360 valence electrons. The van der Waals surface area contributed by atoms with Crippen LogP contribution in [-0.2, 0) is 19.2 Å². The van der Waals surface area contributed by atoms with Crippen LogP contribution in [0, 0.1) is 23.7 Å². The molecule has 14 nitrogen and oxygen atoms in total. The van der Waals surface area contributed by atoms with Crippen molar-refractivity contribution in [1.82, 2.24) is 0 Å². The van der Waals surface area contributed by atoms with Gasteiger partial charge in [0, 0.05) is 50.3 Å². The van der Waals surface area contributed by atoms with Gasteiger partial charge < -0.3 is 32.5 Å². The lowest BCUT2D eigenvalue weighted by Crippen LogP contribution is -2.32. The molecule has 1 saturated heterocycles. The van der Waals surface area contributed by atoms with Gasteiger partial charge in [0.25, 0.3) is 0 Å². The molecule has 0 bridgehead atoms. The number of thiol groups is 1. The van der Waals surface area contributed by atoms with E-state index in [9.17, 15) is 38.7 Å². The van der Waals surface area contributed by atoms with Crippen molar-refractivity contribution in [2.24, 2.45) is 11.5 Å². The molecule has 0 spiro atoms. The molecule has 70 heavy (non-hydrogen) atoms. The highest BCUT2D eigenvalue weighted by Crippen LogP contribution is 2.46. The Balaban J connectivity index is 0.000000375. The zero-order valence-corrected chi connectivity index (χ0v) is 40.7. The van der Waals surface area contributed by atoms with Gasteiger partial charge in [0.05, 0.1) is 18.1 Å². The zero-order chi connectivity index (χ0) is 49.6. The number of amides is 3. The van der Waals surface area contributed by atoms with Crippen molar-refractivity contribution in [2.45, 2.75) is 28.7 Å². The van der Waals surface area contributed by atoms with Gasteiger partial charge in [-0.25, -0.2) is 0 Å². The van der Waals surface area contributed by atoms with Gasteiger partial charge in [-0.2, -0.15) is 39.6 Å². The predicted octanol–water partition coefficient (Wildman–Crippen LogP) is 7.14. The number of carboxylic acid groups (broad SMARTS) is 3. The van der Waals surface area contributed by atoms with E-state index in [1.165, 1.54) is 16.7 Å². The first-order chi connectivity index (χ1) is 32.5. The SMILES string of the molecule is NC(=O)c1cccc(N)c1.NC(=O)c1cccc(N2C(=O)[C@H](CC(=O)O)S[C@H]2c2ccc(C#Cc3ccccc3)cc2)c1.O=C(O)C[C@H](S)C(=O)O.O=Cc1ccc(C#Cc2ccccc2)cc1.S.S. The molecule has 1 aliphatic heterocycles. The summed E-state index contributed by atoms with van der Waals surface area (Å²) >= 11 is 4.76. The lowest BCUT2D eigenvalue weighted by Gasteiger charge is -2.24. The van der Waals surface area contributed by atoms with E-state index in [0.717, 1.165) is 34.1 Å². The predicted molar refractivity (Wildman–Crippen MR) is 285 cm³/mol. The van der Waals surface area contributed by atoms with E-state index >= 15 is 0 Å². The summed E-state index contributed by atoms with van der Waals surface area (Å²) in [6, 6.07) is 47.2. The van der Waals surface area contributed by atoms with Crippen molar-refractivity contribution >= 4 is 105 Å². The summed E-state index contributed by atoms with van der Waals surface area (Å²) in [6.07, 6.45) is 0.0967. The van der Waals surface area contributed by atoms with Gasteiger partial charge in [-0.3, -0.25) is 38.5 Å². The van der Waals surface area contributed by atoms with Gasteiger partial charge >= 0.3 is 17.9 Å². The number of primary amides is 2. The second-order valence-electron chi connectivity index (χ2n) is 14.2. The first kappa shape index (κ1) is 58.3. The first-order valence-electron chi connectivity index (χ1n) is 20.2. The maximum atomic E-state index is 13.1. The highest BCUT2D eigenvalue weighted by Gasteiger charge is 2.43. The van der Waals surface area contributed by atoms with E-state index in [4.69, 9.17) is 27.4 Å².